The minimum Gasteiger partial charge on any atom is -0.398 e. The van der Waals surface area contributed by atoms with Crippen LogP contribution in [0.15, 0.2) is 42.1 Å². The van der Waals surface area contributed by atoms with Crippen molar-refractivity contribution in [2.45, 2.75) is 13.3 Å². The topological polar surface area (TPSA) is 107 Å². The van der Waals surface area contributed by atoms with E-state index in [0.29, 0.717) is 23.2 Å². The Hall–Kier alpha value is -3.09. The van der Waals surface area contributed by atoms with Crippen LogP contribution in [-0.4, -0.2) is 12.5 Å². The zero-order valence-electron chi connectivity index (χ0n) is 13.8. The van der Waals surface area contributed by atoms with Gasteiger partial charge in [0.2, 0.25) is 0 Å². The van der Waals surface area contributed by atoms with Gasteiger partial charge < -0.3 is 22.5 Å². The SMILES string of the molecule is CCCNC(=O)/C(N)=C(\N)c1cccc(-c2ccc(F)c(F)c2)c1N. The number of carbonyl (C=O) groups is 1. The van der Waals surface area contributed by atoms with Gasteiger partial charge in [-0.3, -0.25) is 4.79 Å². The first-order valence-corrected chi connectivity index (χ1v) is 7.74. The van der Waals surface area contributed by atoms with Gasteiger partial charge in [-0.1, -0.05) is 31.2 Å². The van der Waals surface area contributed by atoms with E-state index < -0.39 is 17.5 Å². The summed E-state index contributed by atoms with van der Waals surface area (Å²) in [4.78, 5) is 12.0. The minimum atomic E-state index is -0.982. The smallest absolute Gasteiger partial charge is 0.269 e. The van der Waals surface area contributed by atoms with Crippen molar-refractivity contribution in [3.8, 4) is 11.1 Å². The molecule has 7 heteroatoms. The van der Waals surface area contributed by atoms with Gasteiger partial charge in [0.1, 0.15) is 5.70 Å². The zero-order valence-corrected chi connectivity index (χ0v) is 13.8. The van der Waals surface area contributed by atoms with Crippen molar-refractivity contribution in [2.24, 2.45) is 11.5 Å². The Morgan fingerprint density at radius 2 is 1.84 bits per heavy atom. The van der Waals surface area contributed by atoms with Crippen LogP contribution in [0.1, 0.15) is 18.9 Å². The Balaban J connectivity index is 2.47. The molecule has 1 amide bonds. The number of para-hydroxylation sites is 1. The van der Waals surface area contributed by atoms with Crippen molar-refractivity contribution in [1.82, 2.24) is 5.32 Å². The molecule has 5 nitrogen and oxygen atoms in total. The molecule has 0 aliphatic carbocycles. The number of nitrogens with one attached hydrogen (secondary N) is 1. The maximum Gasteiger partial charge on any atom is 0.269 e. The molecule has 132 valence electrons. The van der Waals surface area contributed by atoms with E-state index in [0.717, 1.165) is 18.6 Å². The van der Waals surface area contributed by atoms with E-state index in [-0.39, 0.29) is 17.1 Å². The first kappa shape index (κ1) is 18.3. The van der Waals surface area contributed by atoms with Crippen molar-refractivity contribution in [3.05, 3.63) is 59.3 Å². The van der Waals surface area contributed by atoms with Crippen LogP contribution < -0.4 is 22.5 Å². The largest absolute Gasteiger partial charge is 0.398 e. The predicted octanol–water partition coefficient (Wildman–Crippen LogP) is 2.33. The molecule has 0 saturated carbocycles. The molecule has 0 heterocycles. The number of anilines is 1. The van der Waals surface area contributed by atoms with E-state index in [1.165, 1.54) is 6.07 Å². The van der Waals surface area contributed by atoms with Crippen LogP contribution in [0.4, 0.5) is 14.5 Å². The zero-order chi connectivity index (χ0) is 18.6. The summed E-state index contributed by atoms with van der Waals surface area (Å²) in [5.41, 5.74) is 19.2. The fourth-order valence-corrected chi connectivity index (χ4v) is 2.32. The Morgan fingerprint density at radius 1 is 1.12 bits per heavy atom. The summed E-state index contributed by atoms with van der Waals surface area (Å²) in [5, 5.41) is 2.63. The highest BCUT2D eigenvalue weighted by atomic mass is 19.2. The Morgan fingerprint density at radius 3 is 2.48 bits per heavy atom. The molecule has 2 aromatic rings. The summed E-state index contributed by atoms with van der Waals surface area (Å²) in [6.07, 6.45) is 0.757. The van der Waals surface area contributed by atoms with Crippen LogP contribution in [0.25, 0.3) is 16.8 Å². The highest BCUT2D eigenvalue weighted by molar-refractivity contribution is 6.01. The van der Waals surface area contributed by atoms with Crippen molar-refractivity contribution >= 4 is 17.3 Å². The summed E-state index contributed by atoms with van der Waals surface area (Å²) in [5.74, 6) is -2.42. The molecule has 0 saturated heterocycles. The number of rotatable bonds is 5. The lowest BCUT2D eigenvalue weighted by molar-refractivity contribution is -0.117. The number of nitrogens with two attached hydrogens (primary N) is 3. The second-order valence-electron chi connectivity index (χ2n) is 5.48. The summed E-state index contributed by atoms with van der Waals surface area (Å²) in [6.45, 7) is 2.38. The molecular weight excluding hydrogens is 326 g/mol. The van der Waals surface area contributed by atoms with Crippen LogP contribution in [0.3, 0.4) is 0 Å². The fraction of sp³-hybridized carbons (Fsp3) is 0.167. The molecule has 0 spiro atoms. The second-order valence-corrected chi connectivity index (χ2v) is 5.48. The van der Waals surface area contributed by atoms with Gasteiger partial charge in [-0.2, -0.15) is 0 Å². The predicted molar refractivity (Wildman–Crippen MR) is 94.8 cm³/mol. The van der Waals surface area contributed by atoms with Crippen molar-refractivity contribution < 1.29 is 13.6 Å². The summed E-state index contributed by atoms with van der Waals surface area (Å²) in [6, 6.07) is 8.36. The van der Waals surface area contributed by atoms with Crippen molar-refractivity contribution in [3.63, 3.8) is 0 Å². The standard InChI is InChI=1S/C18H20F2N4O/c1-2-8-24-18(25)17(23)16(22)12-5-3-4-11(15(12)21)10-6-7-13(19)14(20)9-10/h3-7,9H,2,8,21-23H2,1H3,(H,24,25)/b17-16+. The molecule has 0 radical (unpaired) electrons. The summed E-state index contributed by atoms with van der Waals surface area (Å²) in [7, 11) is 0. The van der Waals surface area contributed by atoms with E-state index in [1.807, 2.05) is 6.92 Å². The van der Waals surface area contributed by atoms with Gasteiger partial charge in [-0.05, 0) is 24.1 Å². The molecule has 0 aromatic heterocycles. The van der Waals surface area contributed by atoms with E-state index >= 15 is 0 Å². The molecule has 0 fully saturated rings. The van der Waals surface area contributed by atoms with Gasteiger partial charge in [0.15, 0.2) is 11.6 Å². The van der Waals surface area contributed by atoms with Gasteiger partial charge in [0, 0.05) is 23.4 Å². The molecule has 2 aromatic carbocycles. The monoisotopic (exact) mass is 346 g/mol. The Bertz CT molecular complexity index is 834. The first-order chi connectivity index (χ1) is 11.9. The summed E-state index contributed by atoms with van der Waals surface area (Å²) >= 11 is 0. The molecular formula is C18H20F2N4O. The molecule has 2 rings (SSSR count). The highest BCUT2D eigenvalue weighted by Gasteiger charge is 2.16. The maximum absolute atomic E-state index is 13.5. The average molecular weight is 346 g/mol. The Kier molecular flexibility index (Phi) is 5.59. The third-order valence-corrected chi connectivity index (χ3v) is 3.70. The van der Waals surface area contributed by atoms with Crippen LogP contribution >= 0.6 is 0 Å². The molecule has 0 aliphatic heterocycles. The lowest BCUT2D eigenvalue weighted by Crippen LogP contribution is -2.31. The molecule has 0 aliphatic rings. The van der Waals surface area contributed by atoms with E-state index in [4.69, 9.17) is 17.2 Å². The van der Waals surface area contributed by atoms with Crippen LogP contribution in [0, 0.1) is 11.6 Å². The van der Waals surface area contributed by atoms with Gasteiger partial charge in [-0.15, -0.1) is 0 Å². The quantitative estimate of drug-likeness (QED) is 0.492. The molecule has 0 bridgehead atoms. The maximum atomic E-state index is 13.5. The first-order valence-electron chi connectivity index (χ1n) is 7.74. The molecule has 0 unspecified atom stereocenters. The number of benzene rings is 2. The molecule has 0 atom stereocenters. The lowest BCUT2D eigenvalue weighted by atomic mass is 9.98. The van der Waals surface area contributed by atoms with Crippen molar-refractivity contribution in [1.29, 1.82) is 0 Å². The molecule has 7 N–H and O–H groups in total. The normalized spacial score (nSPS) is 11.8. The van der Waals surface area contributed by atoms with E-state index in [1.54, 1.807) is 18.2 Å². The third kappa shape index (κ3) is 3.88. The van der Waals surface area contributed by atoms with E-state index in [9.17, 15) is 13.6 Å². The molecule has 25 heavy (non-hydrogen) atoms. The minimum absolute atomic E-state index is 0.0236. The number of halogens is 2. The number of carbonyl (C=O) groups excluding carboxylic acids is 1. The van der Waals surface area contributed by atoms with Crippen LogP contribution in [0.5, 0.6) is 0 Å². The van der Waals surface area contributed by atoms with Gasteiger partial charge in [0.25, 0.3) is 5.91 Å². The third-order valence-electron chi connectivity index (χ3n) is 3.70. The van der Waals surface area contributed by atoms with Gasteiger partial charge in [0.05, 0.1) is 5.70 Å². The Labute approximate surface area is 144 Å². The number of hydrogen-bond acceptors (Lipinski definition) is 4. The van der Waals surface area contributed by atoms with Crippen molar-refractivity contribution in [2.75, 3.05) is 12.3 Å². The lowest BCUT2D eigenvalue weighted by Gasteiger charge is -2.14. The average Bonchev–Trinajstić information content (AvgIpc) is 2.61. The summed E-state index contributed by atoms with van der Waals surface area (Å²) < 4.78 is 26.6. The number of hydrogen-bond donors (Lipinski definition) is 4. The highest BCUT2D eigenvalue weighted by Crippen LogP contribution is 2.32. The fourth-order valence-electron chi connectivity index (χ4n) is 2.32. The number of amides is 1. The van der Waals surface area contributed by atoms with Crippen LogP contribution in [-0.2, 0) is 4.79 Å². The second kappa shape index (κ2) is 7.65. The van der Waals surface area contributed by atoms with Crippen LogP contribution in [0.2, 0.25) is 0 Å². The van der Waals surface area contributed by atoms with E-state index in [2.05, 4.69) is 5.32 Å². The van der Waals surface area contributed by atoms with Gasteiger partial charge in [-0.25, -0.2) is 8.78 Å². The van der Waals surface area contributed by atoms with Gasteiger partial charge >= 0.3 is 0 Å². The number of nitrogen functional groups attached to an aromatic ring is 1.